The predicted octanol–water partition coefficient (Wildman–Crippen LogP) is -2.31. The van der Waals surface area contributed by atoms with Crippen LogP contribution in [0, 0.1) is 0 Å². The zero-order valence-electron chi connectivity index (χ0n) is 2.60. The van der Waals surface area contributed by atoms with Crippen molar-refractivity contribution in [2.24, 2.45) is 0 Å². The Bertz CT molecular complexity index is 20.9. The zero-order chi connectivity index (χ0) is 3.41. The van der Waals surface area contributed by atoms with E-state index >= 15 is 0 Å². The zero-order valence-corrected chi connectivity index (χ0v) is 5.17. The van der Waals surface area contributed by atoms with Gasteiger partial charge in [-0.25, -0.2) is 0 Å². The first-order valence-electron chi connectivity index (χ1n) is 0.760. The number of rotatable bonds is 1. The summed E-state index contributed by atoms with van der Waals surface area (Å²) in [6, 6.07) is 0. The molecule has 0 spiro atoms. The largest absolute Gasteiger partial charge is 0.691 e. The fourth-order valence-corrected chi connectivity index (χ4v) is 0. The van der Waals surface area contributed by atoms with Crippen molar-refractivity contribution in [2.45, 2.75) is 0 Å². The minimum Gasteiger partial charge on any atom is -0.691 e. The Morgan fingerprint density at radius 2 is 2.00 bits per heavy atom. The maximum Gasteiger partial charge on any atom is 0.480 e. The molecule has 5 heavy (non-hydrogen) atoms. The van der Waals surface area contributed by atoms with Crippen LogP contribution in [0.5, 0.6) is 0 Å². The van der Waals surface area contributed by atoms with E-state index in [1.807, 2.05) is 0 Å². The SMILES string of the molecule is O.O=[SiH][O][AlH]. The lowest BCUT2D eigenvalue weighted by atomic mass is 15.8. The Morgan fingerprint density at radius 1 is 1.80 bits per heavy atom. The summed E-state index contributed by atoms with van der Waals surface area (Å²) in [6.45, 7) is 0. The molecule has 0 aliphatic carbocycles. The molecule has 0 aromatic rings. The van der Waals surface area contributed by atoms with E-state index in [0.717, 1.165) is 0 Å². The molecule has 0 saturated carbocycles. The molecule has 1 radical (unpaired) electrons. The summed E-state index contributed by atoms with van der Waals surface area (Å²) in [6.07, 6.45) is 0. The summed E-state index contributed by atoms with van der Waals surface area (Å²) < 4.78 is 13.3. The third-order valence-corrected chi connectivity index (χ3v) is 0.612. The van der Waals surface area contributed by atoms with E-state index in [0.29, 0.717) is 0 Å². The van der Waals surface area contributed by atoms with Gasteiger partial charge in [0.05, 0.1) is 0 Å². The second-order valence-electron chi connectivity index (χ2n) is 0.263. The molecular formula is H4AlO3Si. The molecule has 0 aliphatic rings. The molecule has 0 aromatic carbocycles. The van der Waals surface area contributed by atoms with E-state index in [9.17, 15) is 0 Å². The second kappa shape index (κ2) is 8.85. The average molecular weight is 107 g/mol. The van der Waals surface area contributed by atoms with Gasteiger partial charge in [0.2, 0.25) is 0 Å². The van der Waals surface area contributed by atoms with Crippen LogP contribution in [-0.2, 0) is 7.94 Å². The third kappa shape index (κ3) is 13.4. The maximum atomic E-state index is 9.17. The summed E-state index contributed by atoms with van der Waals surface area (Å²) >= 11 is 1.25. The first-order chi connectivity index (χ1) is 1.91. The van der Waals surface area contributed by atoms with Crippen LogP contribution in [0.25, 0.3) is 0 Å². The van der Waals surface area contributed by atoms with Crippen LogP contribution in [0.1, 0.15) is 0 Å². The van der Waals surface area contributed by atoms with Gasteiger partial charge >= 0.3 is 26.3 Å². The topological polar surface area (TPSA) is 57.8 Å². The van der Waals surface area contributed by atoms with Crippen molar-refractivity contribution in [2.75, 3.05) is 0 Å². The molecule has 0 saturated heterocycles. The maximum absolute atomic E-state index is 9.17. The highest BCUT2D eigenvalue weighted by Gasteiger charge is 1.52. The molecule has 0 aromatic heterocycles. The van der Waals surface area contributed by atoms with Gasteiger partial charge in [-0.1, -0.05) is 0 Å². The van der Waals surface area contributed by atoms with Gasteiger partial charge in [-0.3, -0.25) is 0 Å². The van der Waals surface area contributed by atoms with Crippen LogP contribution >= 0.6 is 0 Å². The summed E-state index contributed by atoms with van der Waals surface area (Å²) in [5.41, 5.74) is 0. The quantitative estimate of drug-likeness (QED) is 0.353. The molecule has 0 bridgehead atoms. The molecule has 0 atom stereocenters. The molecule has 29 valence electrons. The molecule has 0 amide bonds. The molecule has 5 heteroatoms. The number of hydrogen-bond acceptors (Lipinski definition) is 2. The van der Waals surface area contributed by atoms with E-state index in [2.05, 4.69) is 3.48 Å². The first-order valence-corrected chi connectivity index (χ1v) is 2.28. The van der Waals surface area contributed by atoms with Gasteiger partial charge in [-0.05, 0) is 0 Å². The molecule has 0 unspecified atom stereocenters. The van der Waals surface area contributed by atoms with Gasteiger partial charge in [0, 0.05) is 0 Å². The fourth-order valence-electron chi connectivity index (χ4n) is 0. The lowest BCUT2D eigenvalue weighted by Gasteiger charge is -1.71. The Morgan fingerprint density at radius 3 is 2.00 bits per heavy atom. The minimum atomic E-state index is -0.955. The van der Waals surface area contributed by atoms with Crippen LogP contribution in [0.4, 0.5) is 0 Å². The van der Waals surface area contributed by atoms with E-state index in [1.54, 1.807) is 0 Å². The lowest BCUT2D eigenvalue weighted by Crippen LogP contribution is -1.75. The summed E-state index contributed by atoms with van der Waals surface area (Å²) in [5.74, 6) is 0. The van der Waals surface area contributed by atoms with Crippen LogP contribution in [0.3, 0.4) is 0 Å². The molecule has 0 heterocycles. The smallest absolute Gasteiger partial charge is 0.480 e. The van der Waals surface area contributed by atoms with Crippen LogP contribution in [0.2, 0.25) is 0 Å². The Hall–Kier alpha value is 0.309. The molecule has 3 nitrogen and oxygen atoms in total. The van der Waals surface area contributed by atoms with Crippen molar-refractivity contribution in [3.63, 3.8) is 0 Å². The minimum absolute atomic E-state index is 0. The van der Waals surface area contributed by atoms with Gasteiger partial charge in [0.1, 0.15) is 0 Å². The molecule has 0 aliphatic heterocycles. The normalized spacial score (nSPS) is 4.00. The van der Waals surface area contributed by atoms with E-state index < -0.39 is 9.65 Å². The number of hydrogen-bond donors (Lipinski definition) is 0. The van der Waals surface area contributed by atoms with Gasteiger partial charge in [0.15, 0.2) is 0 Å². The summed E-state index contributed by atoms with van der Waals surface area (Å²) in [4.78, 5) is 0. The van der Waals surface area contributed by atoms with Crippen LogP contribution in [0.15, 0.2) is 0 Å². The van der Waals surface area contributed by atoms with E-state index in [1.165, 1.54) is 16.6 Å². The van der Waals surface area contributed by atoms with E-state index in [4.69, 9.17) is 4.46 Å². The molecule has 0 fully saturated rings. The van der Waals surface area contributed by atoms with E-state index in [-0.39, 0.29) is 5.48 Å². The predicted molar refractivity (Wildman–Crippen MR) is 19.7 cm³/mol. The van der Waals surface area contributed by atoms with Crippen molar-refractivity contribution in [1.82, 2.24) is 0 Å². The van der Waals surface area contributed by atoms with Crippen LogP contribution in [-0.4, -0.2) is 31.7 Å². The van der Waals surface area contributed by atoms with Crippen molar-refractivity contribution < 1.29 is 13.4 Å². The Kier molecular flexibility index (Phi) is 15.9. The van der Waals surface area contributed by atoms with Crippen molar-refractivity contribution in [3.8, 4) is 0 Å². The Labute approximate surface area is 40.4 Å². The van der Waals surface area contributed by atoms with Crippen molar-refractivity contribution in [3.05, 3.63) is 0 Å². The van der Waals surface area contributed by atoms with Crippen molar-refractivity contribution in [1.29, 1.82) is 0 Å². The summed E-state index contributed by atoms with van der Waals surface area (Å²) in [7, 11) is -0.955. The van der Waals surface area contributed by atoms with Crippen LogP contribution < -0.4 is 0 Å². The highest BCUT2D eigenvalue weighted by Crippen LogP contribution is 1.29. The second-order valence-corrected chi connectivity index (χ2v) is 1.79. The van der Waals surface area contributed by atoms with Gasteiger partial charge in [0.25, 0.3) is 0 Å². The molecule has 0 rings (SSSR count). The summed E-state index contributed by atoms with van der Waals surface area (Å²) in [5, 5.41) is 0. The highest BCUT2D eigenvalue weighted by molar-refractivity contribution is 6.20. The first kappa shape index (κ1) is 9.00. The molecular weight excluding hydrogens is 103 g/mol. The lowest BCUT2D eigenvalue weighted by molar-refractivity contribution is 0.503. The standard InChI is InChI=1S/Al.HO2Si.H2O.H/c;1-3-2;;/h;3H;1H2;/q+1;-1;;. The van der Waals surface area contributed by atoms with Gasteiger partial charge in [-0.2, -0.15) is 0 Å². The molecule has 2 N–H and O–H groups in total. The highest BCUT2D eigenvalue weighted by atomic mass is 28.2. The van der Waals surface area contributed by atoms with Gasteiger partial charge < -0.3 is 13.4 Å². The Balaban J connectivity index is 0. The van der Waals surface area contributed by atoms with Crippen molar-refractivity contribution >= 4 is 26.3 Å². The average Bonchev–Trinajstić information content (AvgIpc) is 1.37. The van der Waals surface area contributed by atoms with Gasteiger partial charge in [-0.15, -0.1) is 0 Å². The third-order valence-electron chi connectivity index (χ3n) is 0.0680. The fraction of sp³-hybridized carbons (Fsp3) is 0. The monoisotopic (exact) mass is 107 g/mol.